The van der Waals surface area contributed by atoms with Crippen LogP contribution < -0.4 is 10.6 Å². The molecular weight excluding hydrogens is 362 g/mol. The first-order valence-corrected chi connectivity index (χ1v) is 10.4. The zero-order valence-electron chi connectivity index (χ0n) is 16.4. The van der Waals surface area contributed by atoms with Crippen molar-refractivity contribution in [2.24, 2.45) is 23.2 Å². The molecular formula is C20H29N3O5. The van der Waals surface area contributed by atoms with Gasteiger partial charge in [0.15, 0.2) is 6.10 Å². The summed E-state index contributed by atoms with van der Waals surface area (Å²) < 4.78 is 5.14. The number of urea groups is 1. The third-order valence-electron chi connectivity index (χ3n) is 6.91. The maximum Gasteiger partial charge on any atom is 0.324 e. The van der Waals surface area contributed by atoms with Crippen LogP contribution in [0.25, 0.3) is 0 Å². The molecule has 5 rings (SSSR count). The first-order valence-electron chi connectivity index (χ1n) is 10.4. The molecule has 2 N–H and O–H groups in total. The summed E-state index contributed by atoms with van der Waals surface area (Å²) >= 11 is 0. The predicted octanol–water partition coefficient (Wildman–Crippen LogP) is 1.19. The van der Waals surface area contributed by atoms with Gasteiger partial charge in [0, 0.05) is 25.0 Å². The van der Waals surface area contributed by atoms with E-state index in [1.165, 1.54) is 26.2 Å². The Balaban J connectivity index is 1.22. The Morgan fingerprint density at radius 2 is 1.79 bits per heavy atom. The quantitative estimate of drug-likeness (QED) is 0.662. The van der Waals surface area contributed by atoms with Gasteiger partial charge in [-0.2, -0.15) is 0 Å². The molecule has 0 unspecified atom stereocenters. The highest BCUT2D eigenvalue weighted by Gasteiger charge is 2.54. The highest BCUT2D eigenvalue weighted by atomic mass is 16.5. The molecule has 5 aliphatic rings. The van der Waals surface area contributed by atoms with E-state index in [-0.39, 0.29) is 30.8 Å². The van der Waals surface area contributed by atoms with Crippen LogP contribution in [0.2, 0.25) is 0 Å². The third kappa shape index (κ3) is 3.61. The van der Waals surface area contributed by atoms with Crippen LogP contribution in [-0.2, 0) is 19.1 Å². The van der Waals surface area contributed by atoms with Crippen molar-refractivity contribution in [2.45, 2.75) is 58.0 Å². The number of nitrogens with one attached hydrogen (secondary N) is 2. The molecule has 8 nitrogen and oxygen atoms in total. The lowest BCUT2D eigenvalue weighted by atomic mass is 9.49. The van der Waals surface area contributed by atoms with Crippen molar-refractivity contribution in [2.75, 3.05) is 19.6 Å². The van der Waals surface area contributed by atoms with Gasteiger partial charge in [-0.1, -0.05) is 0 Å². The highest BCUT2D eigenvalue weighted by molar-refractivity contribution is 5.98. The summed E-state index contributed by atoms with van der Waals surface area (Å²) in [5, 5.41) is 5.47. The standard InChI is InChI=1S/C20H29N3O5/c1-12(17(25)23-5-4-22-19(23)27)28-16(24)2-3-21-18(26)20-9-13-6-14(10-20)8-15(7-13)11-20/h12-15H,2-11H2,1H3,(H,21,26)(H,22,27)/t12-,13?,14?,15?,20?/m1/s1. The molecule has 1 saturated heterocycles. The first kappa shape index (κ1) is 19.2. The number of esters is 1. The SMILES string of the molecule is C[C@@H](OC(=O)CCNC(=O)C12CC3CC(CC(C3)C1)C2)C(=O)N1CCNC1=O. The van der Waals surface area contributed by atoms with Crippen LogP contribution in [0, 0.1) is 23.2 Å². The van der Waals surface area contributed by atoms with Crippen molar-refractivity contribution < 1.29 is 23.9 Å². The summed E-state index contributed by atoms with van der Waals surface area (Å²) in [6.45, 7) is 2.35. The van der Waals surface area contributed by atoms with Crippen LogP contribution in [-0.4, -0.2) is 54.5 Å². The van der Waals surface area contributed by atoms with Crippen LogP contribution >= 0.6 is 0 Å². The molecule has 154 valence electrons. The summed E-state index contributed by atoms with van der Waals surface area (Å²) in [6, 6.07) is -0.462. The molecule has 8 heteroatoms. The van der Waals surface area contributed by atoms with E-state index in [0.29, 0.717) is 24.3 Å². The van der Waals surface area contributed by atoms with Crippen molar-refractivity contribution in [1.82, 2.24) is 15.5 Å². The van der Waals surface area contributed by atoms with Crippen LogP contribution in [0.3, 0.4) is 0 Å². The van der Waals surface area contributed by atoms with Crippen molar-refractivity contribution >= 4 is 23.8 Å². The van der Waals surface area contributed by atoms with E-state index < -0.39 is 24.0 Å². The molecule has 1 heterocycles. The summed E-state index contributed by atoms with van der Waals surface area (Å²) in [6.07, 6.45) is 5.78. The minimum atomic E-state index is -1.02. The molecule has 4 saturated carbocycles. The van der Waals surface area contributed by atoms with Gasteiger partial charge < -0.3 is 15.4 Å². The monoisotopic (exact) mass is 391 g/mol. The van der Waals surface area contributed by atoms with Crippen LogP contribution in [0.4, 0.5) is 4.79 Å². The lowest BCUT2D eigenvalue weighted by molar-refractivity contribution is -0.157. The molecule has 0 aromatic rings. The number of rotatable bonds is 6. The molecule has 5 fully saturated rings. The van der Waals surface area contributed by atoms with Crippen LogP contribution in [0.5, 0.6) is 0 Å². The molecule has 1 atom stereocenters. The van der Waals surface area contributed by atoms with Crippen molar-refractivity contribution in [3.05, 3.63) is 0 Å². The number of nitrogens with zero attached hydrogens (tertiary/aromatic N) is 1. The normalized spacial score (nSPS) is 34.1. The second-order valence-corrected chi connectivity index (χ2v) is 9.06. The zero-order chi connectivity index (χ0) is 19.9. The van der Waals surface area contributed by atoms with E-state index in [4.69, 9.17) is 4.74 Å². The number of ether oxygens (including phenoxy) is 1. The Hall–Kier alpha value is -2.12. The fourth-order valence-electron chi connectivity index (χ4n) is 6.06. The van der Waals surface area contributed by atoms with E-state index in [2.05, 4.69) is 10.6 Å². The Morgan fingerprint density at radius 3 is 2.32 bits per heavy atom. The highest BCUT2D eigenvalue weighted by Crippen LogP contribution is 2.60. The second kappa shape index (κ2) is 7.37. The molecule has 0 aromatic carbocycles. The van der Waals surface area contributed by atoms with Crippen LogP contribution in [0.1, 0.15) is 51.9 Å². The van der Waals surface area contributed by atoms with Gasteiger partial charge in [0.05, 0.1) is 6.42 Å². The molecule has 1 aliphatic heterocycles. The van der Waals surface area contributed by atoms with E-state index in [0.717, 1.165) is 24.2 Å². The lowest BCUT2D eigenvalue weighted by Gasteiger charge is -2.55. The Labute approximate surface area is 164 Å². The van der Waals surface area contributed by atoms with Gasteiger partial charge in [-0.25, -0.2) is 4.79 Å². The summed E-state index contributed by atoms with van der Waals surface area (Å²) in [7, 11) is 0. The fourth-order valence-corrected chi connectivity index (χ4v) is 6.06. The van der Waals surface area contributed by atoms with Gasteiger partial charge >= 0.3 is 12.0 Å². The molecule has 0 aromatic heterocycles. The maximum atomic E-state index is 12.9. The smallest absolute Gasteiger partial charge is 0.324 e. The lowest BCUT2D eigenvalue weighted by Crippen LogP contribution is -2.53. The minimum absolute atomic E-state index is 0.0158. The van der Waals surface area contributed by atoms with E-state index >= 15 is 0 Å². The molecule has 4 amide bonds. The van der Waals surface area contributed by atoms with Gasteiger partial charge in [-0.15, -0.1) is 0 Å². The average molecular weight is 391 g/mol. The molecule has 4 bridgehead atoms. The average Bonchev–Trinajstić information content (AvgIpc) is 3.05. The maximum absolute atomic E-state index is 12.9. The van der Waals surface area contributed by atoms with Crippen molar-refractivity contribution in [1.29, 1.82) is 0 Å². The third-order valence-corrected chi connectivity index (χ3v) is 6.91. The van der Waals surface area contributed by atoms with Gasteiger partial charge in [0.25, 0.3) is 5.91 Å². The molecule has 0 radical (unpaired) electrons. The van der Waals surface area contributed by atoms with Gasteiger partial charge in [0.1, 0.15) is 0 Å². The first-order chi connectivity index (χ1) is 13.4. The summed E-state index contributed by atoms with van der Waals surface area (Å²) in [4.78, 5) is 49.6. The number of imide groups is 1. The van der Waals surface area contributed by atoms with Gasteiger partial charge in [-0.05, 0) is 63.2 Å². The second-order valence-electron chi connectivity index (χ2n) is 9.06. The minimum Gasteiger partial charge on any atom is -0.452 e. The predicted molar refractivity (Wildman–Crippen MR) is 98.9 cm³/mol. The zero-order valence-corrected chi connectivity index (χ0v) is 16.4. The molecule has 0 spiro atoms. The Morgan fingerprint density at radius 1 is 1.18 bits per heavy atom. The topological polar surface area (TPSA) is 105 Å². The number of carbonyl (C=O) groups is 4. The number of carbonyl (C=O) groups excluding carboxylic acids is 4. The summed E-state index contributed by atoms with van der Waals surface area (Å²) in [5.74, 6) is 1.08. The number of hydrogen-bond acceptors (Lipinski definition) is 5. The Kier molecular flexibility index (Phi) is 5.05. The number of hydrogen-bond donors (Lipinski definition) is 2. The summed E-state index contributed by atoms with van der Waals surface area (Å²) in [5.41, 5.74) is -0.231. The Bertz CT molecular complexity index is 656. The van der Waals surface area contributed by atoms with E-state index in [1.807, 2.05) is 0 Å². The van der Waals surface area contributed by atoms with Gasteiger partial charge in [0.2, 0.25) is 5.91 Å². The van der Waals surface area contributed by atoms with Gasteiger partial charge in [-0.3, -0.25) is 19.3 Å². The van der Waals surface area contributed by atoms with E-state index in [1.54, 1.807) is 0 Å². The van der Waals surface area contributed by atoms with Crippen molar-refractivity contribution in [3.8, 4) is 0 Å². The van der Waals surface area contributed by atoms with Crippen molar-refractivity contribution in [3.63, 3.8) is 0 Å². The number of amides is 4. The molecule has 28 heavy (non-hydrogen) atoms. The van der Waals surface area contributed by atoms with Crippen LogP contribution in [0.15, 0.2) is 0 Å². The van der Waals surface area contributed by atoms with E-state index in [9.17, 15) is 19.2 Å². The largest absolute Gasteiger partial charge is 0.452 e. The molecule has 4 aliphatic carbocycles. The fraction of sp³-hybridized carbons (Fsp3) is 0.800.